The van der Waals surface area contributed by atoms with E-state index in [1.165, 1.54) is 5.56 Å². The first-order chi connectivity index (χ1) is 6.33. The molecule has 0 aromatic heterocycles. The highest BCUT2D eigenvalue weighted by Gasteiger charge is 1.90. The number of aliphatic hydroxyl groups is 1. The van der Waals surface area contributed by atoms with Gasteiger partial charge in [0.2, 0.25) is 0 Å². The average Bonchev–Trinajstić information content (AvgIpc) is 2.15. The molecule has 0 amide bonds. The summed E-state index contributed by atoms with van der Waals surface area (Å²) in [6.45, 7) is 0.126. The van der Waals surface area contributed by atoms with Crippen LogP contribution in [-0.4, -0.2) is 11.7 Å². The van der Waals surface area contributed by atoms with Crippen molar-refractivity contribution in [3.05, 3.63) is 47.0 Å². The number of benzene rings is 1. The summed E-state index contributed by atoms with van der Waals surface area (Å²) in [4.78, 5) is 0. The SMILES string of the molecule is OCC=CCCc1ccc(Cl)cc1. The fourth-order valence-electron chi connectivity index (χ4n) is 1.09. The number of allylic oxidation sites excluding steroid dienone is 1. The molecule has 0 atom stereocenters. The van der Waals surface area contributed by atoms with Gasteiger partial charge in [-0.05, 0) is 30.5 Å². The highest BCUT2D eigenvalue weighted by Crippen LogP contribution is 2.10. The van der Waals surface area contributed by atoms with Crippen molar-refractivity contribution in [1.82, 2.24) is 0 Å². The molecule has 0 aliphatic carbocycles. The Morgan fingerprint density at radius 2 is 1.85 bits per heavy atom. The monoisotopic (exact) mass is 196 g/mol. The Balaban J connectivity index is 2.37. The molecule has 0 aliphatic heterocycles. The van der Waals surface area contributed by atoms with Gasteiger partial charge < -0.3 is 5.11 Å². The number of aliphatic hydroxyl groups excluding tert-OH is 1. The second-order valence-electron chi connectivity index (χ2n) is 2.82. The average molecular weight is 197 g/mol. The molecule has 0 saturated heterocycles. The van der Waals surface area contributed by atoms with Crippen LogP contribution in [0.25, 0.3) is 0 Å². The van der Waals surface area contributed by atoms with E-state index in [9.17, 15) is 0 Å². The van der Waals surface area contributed by atoms with E-state index in [0.717, 1.165) is 17.9 Å². The van der Waals surface area contributed by atoms with Crippen molar-refractivity contribution in [2.24, 2.45) is 0 Å². The third-order valence-corrected chi connectivity index (χ3v) is 2.04. The van der Waals surface area contributed by atoms with Crippen LogP contribution in [-0.2, 0) is 6.42 Å². The molecule has 0 bridgehead atoms. The Kier molecular flexibility index (Phi) is 4.58. The second-order valence-corrected chi connectivity index (χ2v) is 3.26. The number of hydrogen-bond acceptors (Lipinski definition) is 1. The Hall–Kier alpha value is -0.790. The van der Waals surface area contributed by atoms with E-state index in [1.54, 1.807) is 6.08 Å². The van der Waals surface area contributed by atoms with E-state index in [4.69, 9.17) is 16.7 Å². The Labute approximate surface area is 83.7 Å². The van der Waals surface area contributed by atoms with Gasteiger partial charge >= 0.3 is 0 Å². The van der Waals surface area contributed by atoms with Crippen LogP contribution in [0.15, 0.2) is 36.4 Å². The van der Waals surface area contributed by atoms with Crippen LogP contribution in [0.4, 0.5) is 0 Å². The number of aryl methyl sites for hydroxylation is 1. The summed E-state index contributed by atoms with van der Waals surface area (Å²) in [5.41, 5.74) is 1.27. The molecule has 0 spiro atoms. The minimum absolute atomic E-state index is 0.126. The zero-order chi connectivity index (χ0) is 9.52. The first kappa shape index (κ1) is 10.3. The molecule has 1 aromatic carbocycles. The third kappa shape index (κ3) is 4.11. The lowest BCUT2D eigenvalue weighted by atomic mass is 10.1. The van der Waals surface area contributed by atoms with Crippen molar-refractivity contribution >= 4 is 11.6 Å². The van der Waals surface area contributed by atoms with E-state index in [0.29, 0.717) is 0 Å². The Morgan fingerprint density at radius 3 is 2.46 bits per heavy atom. The predicted octanol–water partition coefficient (Wildman–Crippen LogP) is 2.82. The molecule has 2 heteroatoms. The van der Waals surface area contributed by atoms with Crippen LogP contribution >= 0.6 is 11.6 Å². The minimum atomic E-state index is 0.126. The first-order valence-corrected chi connectivity index (χ1v) is 4.71. The molecule has 0 fully saturated rings. The summed E-state index contributed by atoms with van der Waals surface area (Å²) in [5.74, 6) is 0. The van der Waals surface area contributed by atoms with E-state index in [2.05, 4.69) is 0 Å². The quantitative estimate of drug-likeness (QED) is 0.735. The normalized spacial score (nSPS) is 10.9. The van der Waals surface area contributed by atoms with Gasteiger partial charge in [-0.3, -0.25) is 0 Å². The van der Waals surface area contributed by atoms with Crippen molar-refractivity contribution in [3.63, 3.8) is 0 Å². The molecule has 1 aromatic rings. The molecular formula is C11H13ClO. The van der Waals surface area contributed by atoms with Gasteiger partial charge in [-0.25, -0.2) is 0 Å². The molecule has 0 aliphatic rings. The van der Waals surface area contributed by atoms with Gasteiger partial charge in [0.05, 0.1) is 6.61 Å². The van der Waals surface area contributed by atoms with E-state index in [1.807, 2.05) is 30.3 Å². The summed E-state index contributed by atoms with van der Waals surface area (Å²) in [5, 5.41) is 9.27. The minimum Gasteiger partial charge on any atom is -0.392 e. The van der Waals surface area contributed by atoms with Gasteiger partial charge in [-0.15, -0.1) is 0 Å². The van der Waals surface area contributed by atoms with Gasteiger partial charge in [-0.2, -0.15) is 0 Å². The zero-order valence-electron chi connectivity index (χ0n) is 7.41. The van der Waals surface area contributed by atoms with E-state index in [-0.39, 0.29) is 6.61 Å². The van der Waals surface area contributed by atoms with Crippen LogP contribution in [0.2, 0.25) is 5.02 Å². The highest BCUT2D eigenvalue weighted by atomic mass is 35.5. The molecular weight excluding hydrogens is 184 g/mol. The first-order valence-electron chi connectivity index (χ1n) is 4.33. The van der Waals surface area contributed by atoms with Crippen LogP contribution in [0.3, 0.4) is 0 Å². The number of halogens is 1. The molecule has 0 radical (unpaired) electrons. The summed E-state index contributed by atoms with van der Waals surface area (Å²) >= 11 is 5.75. The summed E-state index contributed by atoms with van der Waals surface area (Å²) < 4.78 is 0. The van der Waals surface area contributed by atoms with Crippen molar-refractivity contribution in [3.8, 4) is 0 Å². The number of rotatable bonds is 4. The van der Waals surface area contributed by atoms with Crippen molar-refractivity contribution in [1.29, 1.82) is 0 Å². The maximum atomic E-state index is 8.50. The number of hydrogen-bond donors (Lipinski definition) is 1. The molecule has 70 valence electrons. The van der Waals surface area contributed by atoms with Crippen LogP contribution in [0, 0.1) is 0 Å². The predicted molar refractivity (Wildman–Crippen MR) is 56.0 cm³/mol. The molecule has 1 rings (SSSR count). The van der Waals surface area contributed by atoms with Crippen molar-refractivity contribution in [2.45, 2.75) is 12.8 Å². The molecule has 13 heavy (non-hydrogen) atoms. The Morgan fingerprint density at radius 1 is 1.15 bits per heavy atom. The van der Waals surface area contributed by atoms with Crippen molar-refractivity contribution in [2.75, 3.05) is 6.61 Å². The maximum Gasteiger partial charge on any atom is 0.0612 e. The molecule has 1 N–H and O–H groups in total. The van der Waals surface area contributed by atoms with Gasteiger partial charge in [0, 0.05) is 5.02 Å². The lowest BCUT2D eigenvalue weighted by Gasteiger charge is -1.97. The topological polar surface area (TPSA) is 20.2 Å². The van der Waals surface area contributed by atoms with Gasteiger partial charge in [0.15, 0.2) is 0 Å². The summed E-state index contributed by atoms with van der Waals surface area (Å²) in [7, 11) is 0. The third-order valence-electron chi connectivity index (χ3n) is 1.79. The largest absolute Gasteiger partial charge is 0.392 e. The fourth-order valence-corrected chi connectivity index (χ4v) is 1.22. The lowest BCUT2D eigenvalue weighted by Crippen LogP contribution is -1.82. The van der Waals surface area contributed by atoms with Crippen LogP contribution < -0.4 is 0 Å². The lowest BCUT2D eigenvalue weighted by molar-refractivity contribution is 0.342. The standard InChI is InChI=1S/C11H13ClO/c12-11-7-5-10(6-8-11)4-2-1-3-9-13/h1,3,5-8,13H,2,4,9H2. The molecule has 0 heterocycles. The van der Waals surface area contributed by atoms with Crippen LogP contribution in [0.1, 0.15) is 12.0 Å². The molecule has 0 saturated carbocycles. The van der Waals surface area contributed by atoms with Gasteiger partial charge in [0.25, 0.3) is 0 Å². The van der Waals surface area contributed by atoms with Gasteiger partial charge in [-0.1, -0.05) is 35.9 Å². The Bertz CT molecular complexity index is 264. The van der Waals surface area contributed by atoms with Crippen molar-refractivity contribution < 1.29 is 5.11 Å². The fraction of sp³-hybridized carbons (Fsp3) is 0.273. The summed E-state index contributed by atoms with van der Waals surface area (Å²) in [6.07, 6.45) is 5.69. The van der Waals surface area contributed by atoms with E-state index >= 15 is 0 Å². The summed E-state index contributed by atoms with van der Waals surface area (Å²) in [6, 6.07) is 7.84. The maximum absolute atomic E-state index is 8.50. The molecule has 0 unspecified atom stereocenters. The smallest absolute Gasteiger partial charge is 0.0612 e. The van der Waals surface area contributed by atoms with E-state index < -0.39 is 0 Å². The second kappa shape index (κ2) is 5.79. The molecule has 1 nitrogen and oxygen atoms in total. The highest BCUT2D eigenvalue weighted by molar-refractivity contribution is 6.30. The zero-order valence-corrected chi connectivity index (χ0v) is 8.17. The van der Waals surface area contributed by atoms with Crippen LogP contribution in [0.5, 0.6) is 0 Å². The van der Waals surface area contributed by atoms with Gasteiger partial charge in [0.1, 0.15) is 0 Å².